The van der Waals surface area contributed by atoms with E-state index in [1.54, 1.807) is 0 Å². The van der Waals surface area contributed by atoms with E-state index in [1.807, 2.05) is 55.5 Å². The van der Waals surface area contributed by atoms with E-state index < -0.39 is 0 Å². The van der Waals surface area contributed by atoms with Crippen molar-refractivity contribution in [3.05, 3.63) is 64.7 Å². The molecule has 0 spiro atoms. The lowest BCUT2D eigenvalue weighted by Crippen LogP contribution is -2.04. The highest BCUT2D eigenvalue weighted by molar-refractivity contribution is 6.30. The van der Waals surface area contributed by atoms with Gasteiger partial charge in [-0.2, -0.15) is 5.26 Å². The summed E-state index contributed by atoms with van der Waals surface area (Å²) in [6.45, 7) is 2.54. The Morgan fingerprint density at radius 2 is 1.95 bits per heavy atom. The summed E-state index contributed by atoms with van der Waals surface area (Å²) < 4.78 is 5.69. The molecule has 1 unspecified atom stereocenters. The van der Waals surface area contributed by atoms with Gasteiger partial charge in [-0.1, -0.05) is 35.9 Å². The van der Waals surface area contributed by atoms with Crippen LogP contribution in [0.3, 0.4) is 0 Å². The van der Waals surface area contributed by atoms with Gasteiger partial charge in [-0.25, -0.2) is 0 Å². The predicted molar refractivity (Wildman–Crippen MR) is 81.1 cm³/mol. The fourth-order valence-corrected chi connectivity index (χ4v) is 2.13. The van der Waals surface area contributed by atoms with Crippen molar-refractivity contribution in [2.75, 3.05) is 6.61 Å². The van der Waals surface area contributed by atoms with Gasteiger partial charge in [0.25, 0.3) is 0 Å². The number of hydrogen-bond donors (Lipinski definition) is 0. The van der Waals surface area contributed by atoms with Gasteiger partial charge in [0.1, 0.15) is 5.75 Å². The maximum Gasteiger partial charge on any atom is 0.119 e. The van der Waals surface area contributed by atoms with E-state index >= 15 is 0 Å². The molecule has 0 amide bonds. The predicted octanol–water partition coefficient (Wildman–Crippen LogP) is 4.72. The topological polar surface area (TPSA) is 33.0 Å². The molecular weight excluding hydrogens is 270 g/mol. The van der Waals surface area contributed by atoms with Crippen LogP contribution in [-0.2, 0) is 0 Å². The second-order valence-corrected chi connectivity index (χ2v) is 5.12. The lowest BCUT2D eigenvalue weighted by Gasteiger charge is -2.11. The van der Waals surface area contributed by atoms with Gasteiger partial charge in [0.15, 0.2) is 0 Å². The Morgan fingerprint density at radius 1 is 1.20 bits per heavy atom. The molecule has 0 aliphatic rings. The molecule has 0 saturated carbocycles. The average Bonchev–Trinajstić information content (AvgIpc) is 2.45. The normalized spacial score (nSPS) is 11.7. The maximum atomic E-state index is 9.25. The van der Waals surface area contributed by atoms with Gasteiger partial charge < -0.3 is 4.74 Å². The zero-order valence-corrected chi connectivity index (χ0v) is 12.1. The first kappa shape index (κ1) is 14.4. The largest absolute Gasteiger partial charge is 0.494 e. The van der Waals surface area contributed by atoms with Crippen molar-refractivity contribution in [1.29, 1.82) is 5.26 Å². The van der Waals surface area contributed by atoms with Crippen LogP contribution in [0, 0.1) is 18.3 Å². The lowest BCUT2D eigenvalue weighted by molar-refractivity contribution is 0.306. The number of ether oxygens (including phenoxy) is 1. The van der Waals surface area contributed by atoms with Crippen LogP contribution in [0.1, 0.15) is 23.5 Å². The molecule has 0 fully saturated rings. The van der Waals surface area contributed by atoms with E-state index in [2.05, 4.69) is 6.07 Å². The van der Waals surface area contributed by atoms with Crippen molar-refractivity contribution >= 4 is 11.6 Å². The Morgan fingerprint density at radius 3 is 2.60 bits per heavy atom. The van der Waals surface area contributed by atoms with E-state index in [-0.39, 0.29) is 5.92 Å². The first-order valence-electron chi connectivity index (χ1n) is 6.53. The zero-order chi connectivity index (χ0) is 14.4. The van der Waals surface area contributed by atoms with E-state index in [0.717, 1.165) is 16.9 Å². The molecule has 3 heteroatoms. The van der Waals surface area contributed by atoms with Gasteiger partial charge in [-0.05, 0) is 42.3 Å². The summed E-state index contributed by atoms with van der Waals surface area (Å²) in [5, 5.41) is 9.93. The molecule has 2 aromatic carbocycles. The monoisotopic (exact) mass is 285 g/mol. The molecule has 1 atom stereocenters. The van der Waals surface area contributed by atoms with Crippen molar-refractivity contribution in [3.63, 3.8) is 0 Å². The van der Waals surface area contributed by atoms with Crippen molar-refractivity contribution < 1.29 is 4.74 Å². The molecule has 0 aliphatic carbocycles. The first-order valence-corrected chi connectivity index (χ1v) is 6.91. The molecule has 0 bridgehead atoms. The Hall–Kier alpha value is -1.98. The quantitative estimate of drug-likeness (QED) is 0.796. The van der Waals surface area contributed by atoms with Crippen molar-refractivity contribution in [1.82, 2.24) is 0 Å². The molecule has 0 aliphatic heterocycles. The van der Waals surface area contributed by atoms with Crippen LogP contribution in [0.5, 0.6) is 5.75 Å². The van der Waals surface area contributed by atoms with Crippen molar-refractivity contribution in [2.24, 2.45) is 0 Å². The van der Waals surface area contributed by atoms with Crippen molar-refractivity contribution in [3.8, 4) is 11.8 Å². The van der Waals surface area contributed by atoms with Gasteiger partial charge in [0, 0.05) is 11.4 Å². The van der Waals surface area contributed by atoms with Crippen LogP contribution in [0.15, 0.2) is 48.5 Å². The van der Waals surface area contributed by atoms with Gasteiger partial charge >= 0.3 is 0 Å². The van der Waals surface area contributed by atoms with Crippen molar-refractivity contribution in [2.45, 2.75) is 19.3 Å². The smallest absolute Gasteiger partial charge is 0.119 e. The Bertz CT molecular complexity index is 601. The third kappa shape index (κ3) is 4.01. The summed E-state index contributed by atoms with van der Waals surface area (Å²) in [5.41, 5.74) is 2.14. The molecule has 20 heavy (non-hydrogen) atoms. The first-order chi connectivity index (χ1) is 9.69. The number of rotatable bonds is 5. The summed E-state index contributed by atoms with van der Waals surface area (Å²) in [7, 11) is 0. The van der Waals surface area contributed by atoms with Crippen LogP contribution in [0.2, 0.25) is 5.02 Å². The van der Waals surface area contributed by atoms with E-state index in [9.17, 15) is 5.26 Å². The molecule has 102 valence electrons. The molecule has 0 aromatic heterocycles. The van der Waals surface area contributed by atoms with Gasteiger partial charge in [-0.3, -0.25) is 0 Å². The minimum atomic E-state index is -0.169. The minimum absolute atomic E-state index is 0.169. The van der Waals surface area contributed by atoms with Crippen LogP contribution in [-0.4, -0.2) is 6.61 Å². The maximum absolute atomic E-state index is 9.25. The molecule has 2 aromatic rings. The number of aryl methyl sites for hydroxylation is 1. The number of nitrogens with zero attached hydrogens (tertiary/aromatic N) is 1. The number of nitriles is 1. The number of halogens is 1. The van der Waals surface area contributed by atoms with E-state index in [0.29, 0.717) is 18.1 Å². The van der Waals surface area contributed by atoms with E-state index in [4.69, 9.17) is 16.3 Å². The minimum Gasteiger partial charge on any atom is -0.494 e. The molecule has 0 saturated heterocycles. The molecule has 0 N–H and O–H groups in total. The summed E-state index contributed by atoms with van der Waals surface area (Å²) in [5.74, 6) is 0.676. The summed E-state index contributed by atoms with van der Waals surface area (Å²) in [6, 6.07) is 17.6. The van der Waals surface area contributed by atoms with Gasteiger partial charge in [0.2, 0.25) is 0 Å². The Labute approximate surface area is 124 Å². The lowest BCUT2D eigenvalue weighted by atomic mass is 9.98. The third-order valence-electron chi connectivity index (χ3n) is 3.09. The average molecular weight is 286 g/mol. The van der Waals surface area contributed by atoms with Crippen LogP contribution in [0.4, 0.5) is 0 Å². The Kier molecular flexibility index (Phi) is 5.03. The third-order valence-corrected chi connectivity index (χ3v) is 3.34. The SMILES string of the molecule is Cc1cccc(OCCC(C#N)c2ccc(Cl)cc2)c1. The second-order valence-electron chi connectivity index (χ2n) is 4.69. The van der Waals surface area contributed by atoms with Crippen LogP contribution < -0.4 is 4.74 Å². The van der Waals surface area contributed by atoms with Crippen LogP contribution in [0.25, 0.3) is 0 Å². The summed E-state index contributed by atoms with van der Waals surface area (Å²) >= 11 is 5.85. The number of benzene rings is 2. The highest BCUT2D eigenvalue weighted by atomic mass is 35.5. The fraction of sp³-hybridized carbons (Fsp3) is 0.235. The molecule has 0 radical (unpaired) electrons. The standard InChI is InChI=1S/C17H16ClNO/c1-13-3-2-4-17(11-13)20-10-9-15(12-19)14-5-7-16(18)8-6-14/h2-8,11,15H,9-10H2,1H3. The van der Waals surface area contributed by atoms with Gasteiger partial charge in [-0.15, -0.1) is 0 Å². The fourth-order valence-electron chi connectivity index (χ4n) is 2.00. The van der Waals surface area contributed by atoms with Crippen LogP contribution >= 0.6 is 11.6 Å². The summed E-state index contributed by atoms with van der Waals surface area (Å²) in [4.78, 5) is 0. The summed E-state index contributed by atoms with van der Waals surface area (Å²) in [6.07, 6.45) is 0.659. The van der Waals surface area contributed by atoms with Gasteiger partial charge in [0.05, 0.1) is 18.6 Å². The molecular formula is C17H16ClNO. The molecule has 0 heterocycles. The molecule has 2 rings (SSSR count). The zero-order valence-electron chi connectivity index (χ0n) is 11.3. The molecule has 2 nitrogen and oxygen atoms in total. The second kappa shape index (κ2) is 6.98. The highest BCUT2D eigenvalue weighted by Crippen LogP contribution is 2.22. The number of hydrogen-bond acceptors (Lipinski definition) is 2. The van der Waals surface area contributed by atoms with E-state index in [1.165, 1.54) is 0 Å². The Balaban J connectivity index is 1.92. The highest BCUT2D eigenvalue weighted by Gasteiger charge is 2.10.